The zero-order valence-corrected chi connectivity index (χ0v) is 5.78. The van der Waals surface area contributed by atoms with Crippen LogP contribution in [0, 0.1) is 16.6 Å². The van der Waals surface area contributed by atoms with E-state index in [2.05, 4.69) is 0 Å². The molecule has 0 unspecified atom stereocenters. The van der Waals surface area contributed by atoms with Crippen molar-refractivity contribution in [2.75, 3.05) is 5.75 Å². The third-order valence-corrected chi connectivity index (χ3v) is 1.87. The molecule has 3 heteroatoms. The van der Waals surface area contributed by atoms with Gasteiger partial charge in [0.05, 0.1) is 5.75 Å². The molecule has 1 rings (SSSR count). The van der Waals surface area contributed by atoms with E-state index in [4.69, 9.17) is 5.26 Å². The Hall–Kier alpha value is -0.490. The van der Waals surface area contributed by atoms with E-state index >= 15 is 0 Å². The first-order chi connectivity index (χ1) is 4.34. The van der Waals surface area contributed by atoms with Gasteiger partial charge in [-0.15, -0.1) is 0 Å². The molecule has 0 amide bonds. The molecule has 0 aromatic heterocycles. The molecule has 48 valence electrons. The highest BCUT2D eigenvalue weighted by molar-refractivity contribution is 8.04. The number of rotatable bonds is 3. The predicted octanol–water partition coefficient (Wildman–Crippen LogP) is 1.18. The number of thiocyanates is 1. The lowest BCUT2D eigenvalue weighted by molar-refractivity contribution is -0.117. The van der Waals surface area contributed by atoms with Crippen LogP contribution in [0.3, 0.4) is 0 Å². The monoisotopic (exact) mass is 141 g/mol. The number of hydrogen-bond acceptors (Lipinski definition) is 3. The standard InChI is InChI=1S/C6H7NOS/c7-4-9-3-6(8)5-1-2-5/h5H,1-3H2. The van der Waals surface area contributed by atoms with Gasteiger partial charge in [-0.1, -0.05) is 0 Å². The van der Waals surface area contributed by atoms with Crippen molar-refractivity contribution in [3.8, 4) is 5.40 Å². The van der Waals surface area contributed by atoms with Crippen molar-refractivity contribution in [3.05, 3.63) is 0 Å². The van der Waals surface area contributed by atoms with Crippen LogP contribution in [0.25, 0.3) is 0 Å². The van der Waals surface area contributed by atoms with E-state index in [0.717, 1.165) is 24.6 Å². The number of ketones is 1. The molecule has 0 radical (unpaired) electrons. The van der Waals surface area contributed by atoms with Crippen LogP contribution in [-0.4, -0.2) is 11.5 Å². The molecule has 0 heterocycles. The van der Waals surface area contributed by atoms with Crippen molar-refractivity contribution in [2.24, 2.45) is 5.92 Å². The highest BCUT2D eigenvalue weighted by Gasteiger charge is 2.28. The van der Waals surface area contributed by atoms with E-state index in [9.17, 15) is 4.79 Å². The van der Waals surface area contributed by atoms with E-state index in [0.29, 0.717) is 11.7 Å². The normalized spacial score (nSPS) is 16.8. The maximum atomic E-state index is 10.8. The minimum absolute atomic E-state index is 0.251. The van der Waals surface area contributed by atoms with E-state index in [1.165, 1.54) is 0 Å². The van der Waals surface area contributed by atoms with Crippen molar-refractivity contribution >= 4 is 17.5 Å². The average Bonchev–Trinajstić information content (AvgIpc) is 2.63. The lowest BCUT2D eigenvalue weighted by atomic mass is 10.3. The molecule has 0 aliphatic heterocycles. The van der Waals surface area contributed by atoms with Crippen molar-refractivity contribution in [3.63, 3.8) is 0 Å². The molecule has 9 heavy (non-hydrogen) atoms. The van der Waals surface area contributed by atoms with Crippen molar-refractivity contribution < 1.29 is 4.79 Å². The largest absolute Gasteiger partial charge is 0.298 e. The van der Waals surface area contributed by atoms with Gasteiger partial charge in [0.15, 0.2) is 0 Å². The summed E-state index contributed by atoms with van der Waals surface area (Å²) in [6.45, 7) is 0. The fraction of sp³-hybridized carbons (Fsp3) is 0.667. The summed E-state index contributed by atoms with van der Waals surface area (Å²) in [4.78, 5) is 10.8. The average molecular weight is 141 g/mol. The van der Waals surface area contributed by atoms with Crippen LogP contribution in [0.15, 0.2) is 0 Å². The molecule has 0 spiro atoms. The van der Waals surface area contributed by atoms with Gasteiger partial charge in [0, 0.05) is 5.92 Å². The molecule has 1 saturated carbocycles. The second kappa shape index (κ2) is 2.88. The molecule has 1 aliphatic carbocycles. The van der Waals surface area contributed by atoms with Crippen LogP contribution >= 0.6 is 11.8 Å². The van der Waals surface area contributed by atoms with Crippen LogP contribution < -0.4 is 0 Å². The zero-order chi connectivity index (χ0) is 6.69. The third kappa shape index (κ3) is 2.06. The topological polar surface area (TPSA) is 40.9 Å². The second-order valence-corrected chi connectivity index (χ2v) is 2.88. The summed E-state index contributed by atoms with van der Waals surface area (Å²) in [7, 11) is 0. The minimum atomic E-state index is 0.251. The summed E-state index contributed by atoms with van der Waals surface area (Å²) in [6.07, 6.45) is 2.09. The molecule has 0 aromatic rings. The lowest BCUT2D eigenvalue weighted by Crippen LogP contribution is -2.01. The summed E-state index contributed by atoms with van der Waals surface area (Å²) < 4.78 is 0. The number of carbonyl (C=O) groups is 1. The van der Waals surface area contributed by atoms with Crippen molar-refractivity contribution in [1.29, 1.82) is 5.26 Å². The van der Waals surface area contributed by atoms with Gasteiger partial charge in [-0.05, 0) is 24.6 Å². The smallest absolute Gasteiger partial charge is 0.146 e. The van der Waals surface area contributed by atoms with E-state index in [1.54, 1.807) is 0 Å². The summed E-state index contributed by atoms with van der Waals surface area (Å²) >= 11 is 1.04. The van der Waals surface area contributed by atoms with Crippen molar-refractivity contribution in [1.82, 2.24) is 0 Å². The Bertz CT molecular complexity index is 157. The first kappa shape index (κ1) is 6.63. The van der Waals surface area contributed by atoms with Crippen LogP contribution in [0.1, 0.15) is 12.8 Å². The molecular formula is C6H7NOS. The number of Topliss-reactive ketones (excluding diaryl/α,β-unsaturated/α-hetero) is 1. The number of thioether (sulfide) groups is 1. The zero-order valence-electron chi connectivity index (χ0n) is 4.96. The van der Waals surface area contributed by atoms with Gasteiger partial charge in [0.2, 0.25) is 0 Å². The second-order valence-electron chi connectivity index (χ2n) is 2.12. The summed E-state index contributed by atoms with van der Waals surface area (Å²) in [5, 5.41) is 9.96. The molecule has 0 atom stereocenters. The Morgan fingerprint density at radius 2 is 2.44 bits per heavy atom. The Morgan fingerprint density at radius 3 is 2.89 bits per heavy atom. The highest BCUT2D eigenvalue weighted by Crippen LogP contribution is 2.30. The summed E-state index contributed by atoms with van der Waals surface area (Å²) in [6, 6.07) is 0. The maximum Gasteiger partial charge on any atom is 0.146 e. The SMILES string of the molecule is N#CSCC(=O)C1CC1. The van der Waals surface area contributed by atoms with Gasteiger partial charge >= 0.3 is 0 Å². The van der Waals surface area contributed by atoms with Gasteiger partial charge in [-0.3, -0.25) is 4.79 Å². The molecule has 0 bridgehead atoms. The Morgan fingerprint density at radius 1 is 1.78 bits per heavy atom. The summed E-state index contributed by atoms with van der Waals surface area (Å²) in [5.74, 6) is 0.952. The molecular weight excluding hydrogens is 134 g/mol. The fourth-order valence-electron chi connectivity index (χ4n) is 0.627. The van der Waals surface area contributed by atoms with Crippen LogP contribution in [0.2, 0.25) is 0 Å². The molecule has 2 nitrogen and oxygen atoms in total. The van der Waals surface area contributed by atoms with Crippen molar-refractivity contribution in [2.45, 2.75) is 12.8 Å². The van der Waals surface area contributed by atoms with Crippen LogP contribution in [0.4, 0.5) is 0 Å². The lowest BCUT2D eigenvalue weighted by Gasteiger charge is -1.87. The first-order valence-electron chi connectivity index (χ1n) is 2.88. The Balaban J connectivity index is 2.12. The van der Waals surface area contributed by atoms with Gasteiger partial charge in [-0.2, -0.15) is 5.26 Å². The molecule has 0 saturated heterocycles. The highest BCUT2D eigenvalue weighted by atomic mass is 32.2. The van der Waals surface area contributed by atoms with Crippen LogP contribution in [0.5, 0.6) is 0 Å². The van der Waals surface area contributed by atoms with E-state index in [1.807, 2.05) is 5.40 Å². The minimum Gasteiger partial charge on any atom is -0.298 e. The number of nitrogens with zero attached hydrogens (tertiary/aromatic N) is 1. The quantitative estimate of drug-likeness (QED) is 0.554. The van der Waals surface area contributed by atoms with E-state index in [-0.39, 0.29) is 5.78 Å². The van der Waals surface area contributed by atoms with Crippen LogP contribution in [-0.2, 0) is 4.79 Å². The van der Waals surface area contributed by atoms with Gasteiger partial charge < -0.3 is 0 Å². The van der Waals surface area contributed by atoms with Gasteiger partial charge in [0.1, 0.15) is 11.2 Å². The molecule has 1 fully saturated rings. The van der Waals surface area contributed by atoms with Gasteiger partial charge in [0.25, 0.3) is 0 Å². The molecule has 0 aromatic carbocycles. The number of nitriles is 1. The molecule has 0 N–H and O–H groups in total. The Labute approximate surface area is 58.2 Å². The Kier molecular flexibility index (Phi) is 2.12. The summed E-state index contributed by atoms with van der Waals surface area (Å²) in [5.41, 5.74) is 0. The number of carbonyl (C=O) groups excluding carboxylic acids is 1. The predicted molar refractivity (Wildman–Crippen MR) is 35.8 cm³/mol. The fourth-order valence-corrected chi connectivity index (χ4v) is 1.07. The maximum absolute atomic E-state index is 10.8. The van der Waals surface area contributed by atoms with E-state index < -0.39 is 0 Å². The third-order valence-electron chi connectivity index (χ3n) is 1.31. The molecule has 1 aliphatic rings. The van der Waals surface area contributed by atoms with Gasteiger partial charge in [-0.25, -0.2) is 0 Å². The number of hydrogen-bond donors (Lipinski definition) is 0. The first-order valence-corrected chi connectivity index (χ1v) is 3.86.